The van der Waals surface area contributed by atoms with Crippen LogP contribution in [0, 0.1) is 0 Å². The Hall–Kier alpha value is -1.56. The number of aromatic nitrogens is 2. The van der Waals surface area contributed by atoms with Gasteiger partial charge in [-0.1, -0.05) is 6.92 Å². The molecule has 0 saturated carbocycles. The Morgan fingerprint density at radius 3 is 2.61 bits per heavy atom. The third-order valence-electron chi connectivity index (χ3n) is 3.23. The van der Waals surface area contributed by atoms with Gasteiger partial charge >= 0.3 is 0 Å². The van der Waals surface area contributed by atoms with Gasteiger partial charge in [-0.05, 0) is 13.0 Å². The van der Waals surface area contributed by atoms with Crippen LogP contribution in [0.2, 0.25) is 0 Å². The average molecular weight is 251 g/mol. The number of anilines is 2. The smallest absolute Gasteiger partial charge is 0.242 e. The van der Waals surface area contributed by atoms with Gasteiger partial charge in [0.25, 0.3) is 0 Å². The number of nitrogens with two attached hydrogens (primary N) is 1. The molecular formula is C12H21N5O. The minimum atomic E-state index is 0.455. The molecule has 2 rings (SSSR count). The van der Waals surface area contributed by atoms with Gasteiger partial charge in [0.05, 0.1) is 7.11 Å². The molecule has 0 unspecified atom stereocenters. The molecule has 0 radical (unpaired) electrons. The zero-order valence-electron chi connectivity index (χ0n) is 11.1. The molecule has 0 atom stereocenters. The molecule has 6 nitrogen and oxygen atoms in total. The van der Waals surface area contributed by atoms with E-state index in [4.69, 9.17) is 10.5 Å². The van der Waals surface area contributed by atoms with Gasteiger partial charge in [-0.25, -0.2) is 4.98 Å². The van der Waals surface area contributed by atoms with Gasteiger partial charge in [0.2, 0.25) is 5.88 Å². The molecule has 1 fully saturated rings. The van der Waals surface area contributed by atoms with Gasteiger partial charge in [0.1, 0.15) is 12.0 Å². The molecule has 6 heteroatoms. The second-order valence-corrected chi connectivity index (χ2v) is 4.45. The summed E-state index contributed by atoms with van der Waals surface area (Å²) in [4.78, 5) is 12.9. The summed E-state index contributed by atoms with van der Waals surface area (Å²) in [6.07, 6.45) is 2.70. The number of nitrogens with zero attached hydrogens (tertiary/aromatic N) is 4. The zero-order chi connectivity index (χ0) is 13.0. The average Bonchev–Trinajstić information content (AvgIpc) is 2.41. The highest BCUT2D eigenvalue weighted by atomic mass is 16.5. The Bertz CT molecular complexity index is 390. The molecule has 1 aliphatic heterocycles. The van der Waals surface area contributed by atoms with Crippen LogP contribution in [0.4, 0.5) is 11.5 Å². The minimum Gasteiger partial charge on any atom is -0.479 e. The van der Waals surface area contributed by atoms with Gasteiger partial charge in [-0.15, -0.1) is 0 Å². The lowest BCUT2D eigenvalue weighted by atomic mass is 10.3. The van der Waals surface area contributed by atoms with Crippen molar-refractivity contribution < 1.29 is 4.74 Å². The van der Waals surface area contributed by atoms with E-state index in [1.807, 2.05) is 0 Å². The first-order chi connectivity index (χ1) is 8.76. The summed E-state index contributed by atoms with van der Waals surface area (Å²) in [7, 11) is 1.57. The number of ether oxygens (including phenoxy) is 1. The molecule has 100 valence electrons. The molecule has 0 bridgehead atoms. The van der Waals surface area contributed by atoms with E-state index in [0.29, 0.717) is 11.6 Å². The van der Waals surface area contributed by atoms with Gasteiger partial charge in [-0.2, -0.15) is 4.98 Å². The number of rotatable bonds is 4. The summed E-state index contributed by atoms with van der Waals surface area (Å²) in [5, 5.41) is 0. The molecule has 18 heavy (non-hydrogen) atoms. The largest absolute Gasteiger partial charge is 0.479 e. The summed E-state index contributed by atoms with van der Waals surface area (Å²) in [6.45, 7) is 7.38. The lowest BCUT2D eigenvalue weighted by Crippen LogP contribution is -2.47. The molecule has 0 aliphatic carbocycles. The van der Waals surface area contributed by atoms with Crippen LogP contribution in [0.3, 0.4) is 0 Å². The Kier molecular flexibility index (Phi) is 4.19. The molecular weight excluding hydrogens is 230 g/mol. The molecule has 1 aliphatic rings. The number of piperazine rings is 1. The molecule has 1 aromatic heterocycles. The van der Waals surface area contributed by atoms with E-state index < -0.39 is 0 Å². The highest BCUT2D eigenvalue weighted by Gasteiger charge is 2.20. The van der Waals surface area contributed by atoms with Crippen molar-refractivity contribution >= 4 is 11.5 Å². The van der Waals surface area contributed by atoms with E-state index in [-0.39, 0.29) is 0 Å². The molecule has 1 aromatic rings. The van der Waals surface area contributed by atoms with E-state index in [9.17, 15) is 0 Å². The SMILES string of the molecule is CCCN1CCN(c2ncnc(OC)c2N)CC1. The van der Waals surface area contributed by atoms with Crippen molar-refractivity contribution in [1.82, 2.24) is 14.9 Å². The Morgan fingerprint density at radius 2 is 2.00 bits per heavy atom. The monoisotopic (exact) mass is 251 g/mol. The molecule has 0 aromatic carbocycles. The third-order valence-corrected chi connectivity index (χ3v) is 3.23. The predicted molar refractivity (Wildman–Crippen MR) is 71.9 cm³/mol. The van der Waals surface area contributed by atoms with Gasteiger partial charge in [0.15, 0.2) is 5.82 Å². The quantitative estimate of drug-likeness (QED) is 0.845. The topological polar surface area (TPSA) is 67.5 Å². The Balaban J connectivity index is 2.05. The van der Waals surface area contributed by atoms with Crippen molar-refractivity contribution in [3.05, 3.63) is 6.33 Å². The third kappa shape index (κ3) is 2.64. The predicted octanol–water partition coefficient (Wildman–Crippen LogP) is 0.599. The number of hydrogen-bond donors (Lipinski definition) is 1. The first kappa shape index (κ1) is 12.9. The van der Waals surface area contributed by atoms with Gasteiger partial charge in [-0.3, -0.25) is 4.90 Å². The zero-order valence-corrected chi connectivity index (χ0v) is 11.1. The Morgan fingerprint density at radius 1 is 1.28 bits per heavy atom. The van der Waals surface area contributed by atoms with Gasteiger partial charge in [0, 0.05) is 26.2 Å². The second-order valence-electron chi connectivity index (χ2n) is 4.45. The fourth-order valence-corrected chi connectivity index (χ4v) is 2.28. The van der Waals surface area contributed by atoms with Crippen molar-refractivity contribution in [2.24, 2.45) is 0 Å². The maximum absolute atomic E-state index is 6.01. The lowest BCUT2D eigenvalue weighted by molar-refractivity contribution is 0.258. The summed E-state index contributed by atoms with van der Waals surface area (Å²) in [5.41, 5.74) is 6.54. The van der Waals surface area contributed by atoms with Crippen molar-refractivity contribution in [2.75, 3.05) is 50.5 Å². The van der Waals surface area contributed by atoms with Crippen LogP contribution in [0.5, 0.6) is 5.88 Å². The first-order valence-corrected chi connectivity index (χ1v) is 6.38. The minimum absolute atomic E-state index is 0.455. The van der Waals surface area contributed by atoms with Crippen LogP contribution >= 0.6 is 0 Å². The maximum Gasteiger partial charge on any atom is 0.242 e. The van der Waals surface area contributed by atoms with Crippen LogP contribution in [0.15, 0.2) is 6.33 Å². The van der Waals surface area contributed by atoms with E-state index >= 15 is 0 Å². The van der Waals surface area contributed by atoms with Crippen molar-refractivity contribution in [3.8, 4) is 5.88 Å². The second kappa shape index (κ2) is 5.86. The summed E-state index contributed by atoms with van der Waals surface area (Å²) >= 11 is 0. The van der Waals surface area contributed by atoms with Crippen molar-refractivity contribution in [1.29, 1.82) is 0 Å². The summed E-state index contributed by atoms with van der Waals surface area (Å²) < 4.78 is 5.12. The normalized spacial score (nSPS) is 16.9. The Labute approximate surface area is 108 Å². The number of methoxy groups -OCH3 is 1. The van der Waals surface area contributed by atoms with E-state index in [1.54, 1.807) is 7.11 Å². The molecule has 2 heterocycles. The first-order valence-electron chi connectivity index (χ1n) is 6.38. The van der Waals surface area contributed by atoms with E-state index in [0.717, 1.165) is 38.5 Å². The molecule has 1 saturated heterocycles. The number of nitrogen functional groups attached to an aromatic ring is 1. The molecule has 2 N–H and O–H groups in total. The van der Waals surface area contributed by atoms with Crippen LogP contribution in [0.1, 0.15) is 13.3 Å². The van der Waals surface area contributed by atoms with Crippen molar-refractivity contribution in [2.45, 2.75) is 13.3 Å². The summed E-state index contributed by atoms with van der Waals surface area (Å²) in [6, 6.07) is 0. The highest BCUT2D eigenvalue weighted by Crippen LogP contribution is 2.27. The van der Waals surface area contributed by atoms with Crippen LogP contribution in [-0.4, -0.2) is 54.7 Å². The molecule has 0 amide bonds. The lowest BCUT2D eigenvalue weighted by Gasteiger charge is -2.35. The fraction of sp³-hybridized carbons (Fsp3) is 0.667. The van der Waals surface area contributed by atoms with Crippen LogP contribution < -0.4 is 15.4 Å². The van der Waals surface area contributed by atoms with E-state index in [1.165, 1.54) is 12.7 Å². The highest BCUT2D eigenvalue weighted by molar-refractivity contribution is 5.67. The maximum atomic E-state index is 6.01. The van der Waals surface area contributed by atoms with E-state index in [2.05, 4.69) is 26.7 Å². The molecule has 0 spiro atoms. The fourth-order valence-electron chi connectivity index (χ4n) is 2.28. The van der Waals surface area contributed by atoms with Crippen LogP contribution in [0.25, 0.3) is 0 Å². The van der Waals surface area contributed by atoms with Crippen molar-refractivity contribution in [3.63, 3.8) is 0 Å². The summed E-state index contributed by atoms with van der Waals surface area (Å²) in [5.74, 6) is 1.24. The van der Waals surface area contributed by atoms with Gasteiger partial charge < -0.3 is 15.4 Å². The number of hydrogen-bond acceptors (Lipinski definition) is 6. The standard InChI is InChI=1S/C12H21N5O/c1-3-4-16-5-7-17(8-6-16)11-10(13)12(18-2)15-9-14-11/h9H,3-8,13H2,1-2H3. The van der Waals surface area contributed by atoms with Crippen LogP contribution in [-0.2, 0) is 0 Å².